The summed E-state index contributed by atoms with van der Waals surface area (Å²) in [5.74, 6) is 0.0297. The largest absolute Gasteiger partial charge is 0.343 e. The highest BCUT2D eigenvalue weighted by molar-refractivity contribution is 5.88. The number of carbonyl (C=O) groups is 2. The van der Waals surface area contributed by atoms with Crippen molar-refractivity contribution in [2.45, 2.75) is 270 Å². The molecule has 0 aliphatic heterocycles. The van der Waals surface area contributed by atoms with Gasteiger partial charge in [-0.15, -0.1) is 0 Å². The molecule has 0 aliphatic rings. The summed E-state index contributed by atoms with van der Waals surface area (Å²) in [6, 6.07) is -0.473. The number of nitrogens with zero attached hydrogens (tertiary/aromatic N) is 1. The SMILES string of the molecule is CCCCCCCCCCCCCCCCCCN(CCCCCCCCCCCCCCCCCC)C(=O)C(CCCCN)NC(=O)CNCCCNCCCCNCCCN. The fourth-order valence-electron chi connectivity index (χ4n) is 8.77. The van der Waals surface area contributed by atoms with Gasteiger partial charge in [-0.1, -0.05) is 206 Å². The Bertz CT molecular complexity index is 873. The van der Waals surface area contributed by atoms with Gasteiger partial charge in [-0.2, -0.15) is 0 Å². The van der Waals surface area contributed by atoms with Crippen LogP contribution in [0.15, 0.2) is 0 Å². The van der Waals surface area contributed by atoms with Crippen LogP contribution in [0.3, 0.4) is 0 Å². The number of nitrogens with two attached hydrogens (primary N) is 2. The zero-order valence-electron chi connectivity index (χ0n) is 42.6. The monoisotopic (exact) mass is 892 g/mol. The Morgan fingerprint density at radius 1 is 0.381 bits per heavy atom. The molecule has 1 atom stereocenters. The molecule has 0 saturated heterocycles. The van der Waals surface area contributed by atoms with Crippen LogP contribution in [0.2, 0.25) is 0 Å². The maximum absolute atomic E-state index is 14.2. The second-order valence-electron chi connectivity index (χ2n) is 19.2. The average molecular weight is 893 g/mol. The zero-order valence-corrected chi connectivity index (χ0v) is 42.6. The van der Waals surface area contributed by atoms with E-state index >= 15 is 0 Å². The summed E-state index contributed by atoms with van der Waals surface area (Å²) in [4.78, 5) is 29.4. The van der Waals surface area contributed by atoms with Crippen LogP contribution in [0.4, 0.5) is 0 Å². The van der Waals surface area contributed by atoms with Crippen molar-refractivity contribution in [3.8, 4) is 0 Å². The Kier molecular flexibility index (Phi) is 52.3. The topological polar surface area (TPSA) is 138 Å². The lowest BCUT2D eigenvalue weighted by Crippen LogP contribution is -2.51. The molecule has 63 heavy (non-hydrogen) atoms. The molecule has 0 rings (SSSR count). The third-order valence-corrected chi connectivity index (χ3v) is 13.0. The molecule has 376 valence electrons. The Morgan fingerprint density at radius 3 is 1.10 bits per heavy atom. The summed E-state index contributed by atoms with van der Waals surface area (Å²) in [6.07, 6.45) is 49.8. The van der Waals surface area contributed by atoms with E-state index in [1.807, 2.05) is 0 Å². The third kappa shape index (κ3) is 47.1. The van der Waals surface area contributed by atoms with Crippen LogP contribution in [0.25, 0.3) is 0 Å². The molecule has 0 aliphatic carbocycles. The van der Waals surface area contributed by atoms with Crippen LogP contribution in [0.5, 0.6) is 0 Å². The van der Waals surface area contributed by atoms with E-state index in [0.717, 1.165) is 104 Å². The summed E-state index contributed by atoms with van der Waals surface area (Å²) in [7, 11) is 0. The third-order valence-electron chi connectivity index (χ3n) is 13.0. The van der Waals surface area contributed by atoms with Gasteiger partial charge in [0.1, 0.15) is 6.04 Å². The molecule has 8 N–H and O–H groups in total. The van der Waals surface area contributed by atoms with Gasteiger partial charge in [0.15, 0.2) is 0 Å². The van der Waals surface area contributed by atoms with Crippen molar-refractivity contribution in [1.29, 1.82) is 0 Å². The minimum atomic E-state index is -0.473. The van der Waals surface area contributed by atoms with Crippen molar-refractivity contribution in [2.75, 3.05) is 65.4 Å². The van der Waals surface area contributed by atoms with Crippen LogP contribution in [-0.2, 0) is 9.59 Å². The number of rotatable bonds is 54. The molecule has 0 heterocycles. The van der Waals surface area contributed by atoms with Crippen molar-refractivity contribution >= 4 is 11.8 Å². The lowest BCUT2D eigenvalue weighted by atomic mass is 10.0. The van der Waals surface area contributed by atoms with Crippen LogP contribution in [0.1, 0.15) is 264 Å². The summed E-state index contributed by atoms with van der Waals surface area (Å²) < 4.78 is 0. The van der Waals surface area contributed by atoms with E-state index in [4.69, 9.17) is 11.5 Å². The van der Waals surface area contributed by atoms with E-state index < -0.39 is 6.04 Å². The first kappa shape index (κ1) is 61.7. The first-order chi connectivity index (χ1) is 31.1. The quantitative estimate of drug-likeness (QED) is 0.0335. The Morgan fingerprint density at radius 2 is 0.714 bits per heavy atom. The Balaban J connectivity index is 4.69. The van der Waals surface area contributed by atoms with Crippen molar-refractivity contribution in [2.24, 2.45) is 11.5 Å². The average Bonchev–Trinajstić information content (AvgIpc) is 3.29. The maximum Gasteiger partial charge on any atom is 0.245 e. The van der Waals surface area contributed by atoms with E-state index in [1.54, 1.807) is 0 Å². The highest BCUT2D eigenvalue weighted by atomic mass is 16.2. The van der Waals surface area contributed by atoms with Crippen molar-refractivity contribution < 1.29 is 9.59 Å². The van der Waals surface area contributed by atoms with E-state index in [2.05, 4.69) is 40.0 Å². The molecule has 0 bridgehead atoms. The molecular weight excluding hydrogens is 779 g/mol. The van der Waals surface area contributed by atoms with Crippen LogP contribution in [0, 0.1) is 0 Å². The minimum Gasteiger partial charge on any atom is -0.343 e. The van der Waals surface area contributed by atoms with E-state index in [-0.39, 0.29) is 18.4 Å². The van der Waals surface area contributed by atoms with Crippen LogP contribution in [-0.4, -0.2) is 88.2 Å². The van der Waals surface area contributed by atoms with Gasteiger partial charge in [0, 0.05) is 13.1 Å². The number of nitrogens with one attached hydrogen (secondary N) is 4. The summed E-state index contributed by atoms with van der Waals surface area (Å²) in [6.45, 7) is 12.6. The molecule has 0 aromatic carbocycles. The lowest BCUT2D eigenvalue weighted by Gasteiger charge is -2.28. The minimum absolute atomic E-state index is 0.0824. The molecule has 2 amide bonds. The van der Waals surface area contributed by atoms with Gasteiger partial charge < -0.3 is 37.6 Å². The molecule has 0 saturated carbocycles. The normalized spacial score (nSPS) is 12.0. The number of hydrogen-bond acceptors (Lipinski definition) is 7. The highest BCUT2D eigenvalue weighted by Crippen LogP contribution is 2.17. The van der Waals surface area contributed by atoms with Crippen LogP contribution < -0.4 is 32.7 Å². The van der Waals surface area contributed by atoms with Gasteiger partial charge in [0.05, 0.1) is 6.54 Å². The second kappa shape index (κ2) is 53.4. The van der Waals surface area contributed by atoms with Gasteiger partial charge in [-0.05, 0) is 104 Å². The maximum atomic E-state index is 14.2. The Hall–Kier alpha value is -1.26. The predicted molar refractivity (Wildman–Crippen MR) is 277 cm³/mol. The van der Waals surface area contributed by atoms with Gasteiger partial charge in [0.25, 0.3) is 0 Å². The highest BCUT2D eigenvalue weighted by Gasteiger charge is 2.25. The fraction of sp³-hybridized carbons (Fsp3) is 0.963. The molecule has 1 unspecified atom stereocenters. The number of amides is 2. The predicted octanol–water partition coefficient (Wildman–Crippen LogP) is 12.2. The molecule has 0 spiro atoms. The molecule has 0 aromatic heterocycles. The van der Waals surface area contributed by atoms with E-state index in [1.165, 1.54) is 193 Å². The zero-order chi connectivity index (χ0) is 45.8. The molecule has 0 aromatic rings. The Labute approximate surface area is 393 Å². The van der Waals surface area contributed by atoms with Crippen molar-refractivity contribution in [3.63, 3.8) is 0 Å². The van der Waals surface area contributed by atoms with E-state index in [9.17, 15) is 9.59 Å². The fourth-order valence-corrected chi connectivity index (χ4v) is 8.77. The molecule has 0 radical (unpaired) electrons. The van der Waals surface area contributed by atoms with Crippen molar-refractivity contribution in [1.82, 2.24) is 26.2 Å². The summed E-state index contributed by atoms with van der Waals surface area (Å²) >= 11 is 0. The number of carbonyl (C=O) groups excluding carboxylic acids is 2. The number of hydrogen-bond donors (Lipinski definition) is 6. The van der Waals surface area contributed by atoms with Gasteiger partial charge in [0.2, 0.25) is 11.8 Å². The molecular formula is C54H113N7O2. The molecule has 9 heteroatoms. The first-order valence-corrected chi connectivity index (χ1v) is 28.2. The van der Waals surface area contributed by atoms with Gasteiger partial charge >= 0.3 is 0 Å². The molecule has 0 fully saturated rings. The standard InChI is InChI=1S/C54H113N7O2/c1-3-5-7-9-11-13-15-17-19-21-23-25-27-29-31-37-49-61(50-38-32-30-28-26-24-22-20-18-16-14-12-10-8-6-4-2)54(63)52(41-33-34-42-55)60-53(62)51-59-48-40-47-58-45-36-35-44-57-46-39-43-56/h52,57-59H,3-51,55-56H2,1-2H3,(H,60,62). The van der Waals surface area contributed by atoms with Gasteiger partial charge in [-0.3, -0.25) is 9.59 Å². The summed E-state index contributed by atoms with van der Waals surface area (Å²) in [5, 5.41) is 13.4. The first-order valence-electron chi connectivity index (χ1n) is 28.2. The van der Waals surface area contributed by atoms with Crippen molar-refractivity contribution in [3.05, 3.63) is 0 Å². The lowest BCUT2D eigenvalue weighted by molar-refractivity contribution is -0.136. The second-order valence-corrected chi connectivity index (χ2v) is 19.2. The summed E-state index contributed by atoms with van der Waals surface area (Å²) in [5.41, 5.74) is 11.4. The molecule has 9 nitrogen and oxygen atoms in total. The number of unbranched alkanes of at least 4 members (excludes halogenated alkanes) is 32. The smallest absolute Gasteiger partial charge is 0.245 e. The van der Waals surface area contributed by atoms with Gasteiger partial charge in [-0.25, -0.2) is 0 Å². The van der Waals surface area contributed by atoms with Crippen LogP contribution >= 0.6 is 0 Å². The van der Waals surface area contributed by atoms with E-state index in [0.29, 0.717) is 13.0 Å².